The number of rotatable bonds is 4. The third-order valence-electron chi connectivity index (χ3n) is 4.85. The van der Waals surface area contributed by atoms with E-state index in [-0.39, 0.29) is 5.95 Å². The highest BCUT2D eigenvalue weighted by atomic mass is 35.5. The molecule has 2 N–H and O–H groups in total. The van der Waals surface area contributed by atoms with Crippen LogP contribution in [0.1, 0.15) is 5.56 Å². The van der Waals surface area contributed by atoms with Crippen molar-refractivity contribution in [3.05, 3.63) is 46.4 Å². The minimum Gasteiger partial charge on any atom is -0.461 e. The Morgan fingerprint density at radius 2 is 1.77 bits per heavy atom. The largest absolute Gasteiger partial charge is 0.461 e. The van der Waals surface area contributed by atoms with Crippen molar-refractivity contribution in [2.24, 2.45) is 0 Å². The molecule has 4 aromatic rings. The number of hydrogen-bond donors (Lipinski definition) is 1. The molecule has 1 aliphatic rings. The monoisotopic (exact) mass is 445 g/mol. The molecule has 0 saturated carbocycles. The van der Waals surface area contributed by atoms with Crippen LogP contribution in [-0.2, 0) is 6.54 Å². The second kappa shape index (κ2) is 7.71. The molecule has 10 nitrogen and oxygen atoms in total. The first-order valence-corrected chi connectivity index (χ1v) is 10.0. The first-order chi connectivity index (χ1) is 14.5. The van der Waals surface area contributed by atoms with Crippen molar-refractivity contribution in [3.8, 4) is 11.6 Å². The molecule has 0 atom stereocenters. The maximum Gasteiger partial charge on any atom is 0.259 e. The minimum atomic E-state index is 0.226. The number of anilines is 2. The van der Waals surface area contributed by atoms with Crippen LogP contribution in [0.5, 0.6) is 0 Å². The Morgan fingerprint density at radius 3 is 2.47 bits per heavy atom. The molecular weight excluding hydrogens is 429 g/mol. The number of pyridine rings is 1. The van der Waals surface area contributed by atoms with Gasteiger partial charge in [0.1, 0.15) is 10.3 Å². The van der Waals surface area contributed by atoms with Gasteiger partial charge in [0.15, 0.2) is 5.76 Å². The predicted octanol–water partition coefficient (Wildman–Crippen LogP) is 2.39. The number of piperazine rings is 1. The molecule has 154 valence electrons. The van der Waals surface area contributed by atoms with Crippen LogP contribution in [0.15, 0.2) is 34.9 Å². The third-order valence-corrected chi connectivity index (χ3v) is 5.23. The lowest BCUT2D eigenvalue weighted by Crippen LogP contribution is -2.46. The molecule has 1 aliphatic heterocycles. The Labute approximate surface area is 181 Å². The van der Waals surface area contributed by atoms with Gasteiger partial charge in [0.2, 0.25) is 17.7 Å². The summed E-state index contributed by atoms with van der Waals surface area (Å²) >= 11 is 12.0. The SMILES string of the molecule is Nc1nc(N2CCN(Cc3cc(Cl)nc(Cl)c3)CC2)nc2nc(-c3ccco3)nn12. The van der Waals surface area contributed by atoms with Gasteiger partial charge in [0.25, 0.3) is 5.78 Å². The van der Waals surface area contributed by atoms with Gasteiger partial charge < -0.3 is 15.1 Å². The number of furan rings is 1. The summed E-state index contributed by atoms with van der Waals surface area (Å²) in [7, 11) is 0. The first-order valence-electron chi connectivity index (χ1n) is 9.28. The van der Waals surface area contributed by atoms with Crippen LogP contribution in [0.25, 0.3) is 17.4 Å². The van der Waals surface area contributed by atoms with E-state index in [1.807, 2.05) is 12.1 Å². The Balaban J connectivity index is 1.31. The van der Waals surface area contributed by atoms with Crippen molar-refractivity contribution in [2.45, 2.75) is 6.54 Å². The van der Waals surface area contributed by atoms with Crippen molar-refractivity contribution >= 4 is 40.9 Å². The van der Waals surface area contributed by atoms with Gasteiger partial charge in [-0.05, 0) is 29.8 Å². The smallest absolute Gasteiger partial charge is 0.259 e. The summed E-state index contributed by atoms with van der Waals surface area (Å²) in [5, 5.41) is 5.12. The Morgan fingerprint density at radius 1 is 1.00 bits per heavy atom. The van der Waals surface area contributed by atoms with Crippen molar-refractivity contribution in [3.63, 3.8) is 0 Å². The Bertz CT molecular complexity index is 1170. The molecule has 0 aliphatic carbocycles. The Kier molecular flexibility index (Phi) is 4.89. The van der Waals surface area contributed by atoms with Crippen LogP contribution in [0, 0.1) is 0 Å². The summed E-state index contributed by atoms with van der Waals surface area (Å²) in [6.07, 6.45) is 1.56. The molecule has 0 radical (unpaired) electrons. The maximum absolute atomic E-state index is 6.10. The zero-order valence-corrected chi connectivity index (χ0v) is 17.3. The van der Waals surface area contributed by atoms with E-state index in [9.17, 15) is 0 Å². The van der Waals surface area contributed by atoms with Crippen molar-refractivity contribution in [1.29, 1.82) is 0 Å². The highest BCUT2D eigenvalue weighted by Crippen LogP contribution is 2.21. The maximum atomic E-state index is 6.10. The summed E-state index contributed by atoms with van der Waals surface area (Å²) in [6.45, 7) is 3.91. The van der Waals surface area contributed by atoms with E-state index < -0.39 is 0 Å². The second-order valence-corrected chi connectivity index (χ2v) is 7.66. The van der Waals surface area contributed by atoms with E-state index in [4.69, 9.17) is 33.4 Å². The fraction of sp³-hybridized carbons (Fsp3) is 0.278. The molecule has 1 saturated heterocycles. The van der Waals surface area contributed by atoms with E-state index in [1.165, 1.54) is 4.52 Å². The predicted molar refractivity (Wildman–Crippen MR) is 112 cm³/mol. The van der Waals surface area contributed by atoms with E-state index >= 15 is 0 Å². The molecular formula is C18H17Cl2N9O. The van der Waals surface area contributed by atoms with Gasteiger partial charge >= 0.3 is 0 Å². The molecule has 0 unspecified atom stereocenters. The number of halogens is 2. The van der Waals surface area contributed by atoms with Gasteiger partial charge in [-0.25, -0.2) is 4.98 Å². The fourth-order valence-electron chi connectivity index (χ4n) is 3.42. The van der Waals surface area contributed by atoms with Gasteiger partial charge in [-0.3, -0.25) is 4.90 Å². The van der Waals surface area contributed by atoms with Crippen molar-refractivity contribution < 1.29 is 4.42 Å². The van der Waals surface area contributed by atoms with Crippen molar-refractivity contribution in [1.82, 2.24) is 34.4 Å². The van der Waals surface area contributed by atoms with Crippen LogP contribution >= 0.6 is 23.2 Å². The molecule has 0 bridgehead atoms. The third kappa shape index (κ3) is 3.76. The van der Waals surface area contributed by atoms with Gasteiger partial charge in [-0.1, -0.05) is 23.2 Å². The number of nitrogens with zero attached hydrogens (tertiary/aromatic N) is 8. The molecule has 0 aromatic carbocycles. The summed E-state index contributed by atoms with van der Waals surface area (Å²) in [5.74, 6) is 2.10. The lowest BCUT2D eigenvalue weighted by atomic mass is 10.2. The standard InChI is InChI=1S/C18H17Cl2N9O/c19-13-8-11(9-14(20)22-13)10-27-3-5-28(6-4-27)17-24-16(21)29-18(25-17)23-15(26-29)12-2-1-7-30-12/h1-2,7-9H,3-6,10H2,(H2,21,23,24,25,26). The minimum absolute atomic E-state index is 0.226. The van der Waals surface area contributed by atoms with E-state index in [2.05, 4.69) is 34.8 Å². The summed E-state index contributed by atoms with van der Waals surface area (Å²) in [6, 6.07) is 7.22. The van der Waals surface area contributed by atoms with E-state index in [0.717, 1.165) is 38.3 Å². The number of aromatic nitrogens is 6. The quantitative estimate of drug-likeness (QED) is 0.472. The molecule has 30 heavy (non-hydrogen) atoms. The van der Waals surface area contributed by atoms with Gasteiger partial charge in [0.05, 0.1) is 6.26 Å². The Hall–Kier alpha value is -2.95. The number of fused-ring (bicyclic) bond motifs is 1. The summed E-state index contributed by atoms with van der Waals surface area (Å²) in [4.78, 5) is 21.8. The van der Waals surface area contributed by atoms with Crippen LogP contribution in [-0.4, -0.2) is 60.6 Å². The number of hydrogen-bond acceptors (Lipinski definition) is 9. The summed E-state index contributed by atoms with van der Waals surface area (Å²) < 4.78 is 6.76. The fourth-order valence-corrected chi connectivity index (χ4v) is 3.92. The molecule has 4 aromatic heterocycles. The average molecular weight is 446 g/mol. The lowest BCUT2D eigenvalue weighted by Gasteiger charge is -2.34. The summed E-state index contributed by atoms with van der Waals surface area (Å²) in [5.41, 5.74) is 7.13. The van der Waals surface area contributed by atoms with Crippen molar-refractivity contribution in [2.75, 3.05) is 36.8 Å². The molecule has 12 heteroatoms. The number of nitrogen functional groups attached to an aromatic ring is 1. The first kappa shape index (κ1) is 19.0. The zero-order chi connectivity index (χ0) is 20.7. The van der Waals surface area contributed by atoms with Gasteiger partial charge in [-0.15, -0.1) is 5.10 Å². The lowest BCUT2D eigenvalue weighted by molar-refractivity contribution is 0.248. The van der Waals surface area contributed by atoms with Gasteiger partial charge in [0, 0.05) is 32.7 Å². The molecule has 0 amide bonds. The zero-order valence-electron chi connectivity index (χ0n) is 15.7. The van der Waals surface area contributed by atoms with Gasteiger partial charge in [-0.2, -0.15) is 19.5 Å². The highest BCUT2D eigenvalue weighted by molar-refractivity contribution is 6.32. The molecule has 0 spiro atoms. The number of nitrogens with two attached hydrogens (primary N) is 1. The van der Waals surface area contributed by atoms with E-state index in [0.29, 0.717) is 33.6 Å². The van der Waals surface area contributed by atoms with Crippen LogP contribution in [0.3, 0.4) is 0 Å². The molecule has 1 fully saturated rings. The average Bonchev–Trinajstić information content (AvgIpc) is 3.37. The van der Waals surface area contributed by atoms with E-state index in [1.54, 1.807) is 18.4 Å². The van der Waals surface area contributed by atoms with Crippen LogP contribution < -0.4 is 10.6 Å². The van der Waals surface area contributed by atoms with Crippen LogP contribution in [0.4, 0.5) is 11.9 Å². The second-order valence-electron chi connectivity index (χ2n) is 6.89. The highest BCUT2D eigenvalue weighted by Gasteiger charge is 2.22. The molecule has 5 heterocycles. The normalized spacial score (nSPS) is 15.2. The molecule has 5 rings (SSSR count). The topological polar surface area (TPSA) is 114 Å². The van der Waals surface area contributed by atoms with Crippen LogP contribution in [0.2, 0.25) is 10.3 Å².